The fraction of sp³-hybridized carbons (Fsp3) is 0.0833. The third-order valence-electron chi connectivity index (χ3n) is 2.95. The molecule has 1 N–H and O–H groups in total. The van der Waals surface area contributed by atoms with Crippen molar-refractivity contribution >= 4 is 22.6 Å². The van der Waals surface area contributed by atoms with Gasteiger partial charge in [-0.25, -0.2) is 13.8 Å². The topological polar surface area (TPSA) is 72.7 Å². The standard InChI is InChI=1S/C12H8ClFN4O2/c1-17-10-7(5-15-17)11(19)18(12(20)16-10)9-3-2-6(13)4-8(9)14/h2-5H,1H3,(H,16,20). The lowest BCUT2D eigenvalue weighted by Crippen LogP contribution is -2.34. The van der Waals surface area contributed by atoms with Gasteiger partial charge in [-0.3, -0.25) is 14.5 Å². The second-order valence-corrected chi connectivity index (χ2v) is 4.63. The Morgan fingerprint density at radius 1 is 1.35 bits per heavy atom. The van der Waals surface area contributed by atoms with Gasteiger partial charge >= 0.3 is 5.69 Å². The fourth-order valence-corrected chi connectivity index (χ4v) is 2.15. The van der Waals surface area contributed by atoms with E-state index in [0.29, 0.717) is 0 Å². The molecular weight excluding hydrogens is 287 g/mol. The summed E-state index contributed by atoms with van der Waals surface area (Å²) in [6.45, 7) is 0. The zero-order chi connectivity index (χ0) is 14.4. The number of fused-ring (bicyclic) bond motifs is 1. The molecule has 0 saturated carbocycles. The highest BCUT2D eigenvalue weighted by Crippen LogP contribution is 2.16. The van der Waals surface area contributed by atoms with Crippen LogP contribution in [0.4, 0.5) is 4.39 Å². The van der Waals surface area contributed by atoms with Gasteiger partial charge < -0.3 is 0 Å². The van der Waals surface area contributed by atoms with E-state index in [1.54, 1.807) is 7.05 Å². The minimum Gasteiger partial charge on any atom is -0.291 e. The summed E-state index contributed by atoms with van der Waals surface area (Å²) < 4.78 is 16.0. The maximum absolute atomic E-state index is 13.9. The number of hydrogen-bond acceptors (Lipinski definition) is 3. The van der Waals surface area contributed by atoms with Gasteiger partial charge in [0, 0.05) is 12.1 Å². The second-order valence-electron chi connectivity index (χ2n) is 4.20. The first kappa shape index (κ1) is 12.6. The summed E-state index contributed by atoms with van der Waals surface area (Å²) in [5, 5.41) is 4.26. The van der Waals surface area contributed by atoms with Gasteiger partial charge in [0.25, 0.3) is 5.56 Å². The third kappa shape index (κ3) is 1.75. The first-order chi connectivity index (χ1) is 9.49. The molecule has 0 atom stereocenters. The average molecular weight is 295 g/mol. The Kier molecular flexibility index (Phi) is 2.72. The smallest absolute Gasteiger partial charge is 0.291 e. The molecule has 0 saturated heterocycles. The summed E-state index contributed by atoms with van der Waals surface area (Å²) >= 11 is 5.66. The van der Waals surface area contributed by atoms with Crippen molar-refractivity contribution < 1.29 is 4.39 Å². The molecule has 102 valence electrons. The van der Waals surface area contributed by atoms with Gasteiger partial charge in [-0.15, -0.1) is 0 Å². The van der Waals surface area contributed by atoms with E-state index in [1.807, 2.05) is 0 Å². The molecule has 0 aliphatic heterocycles. The van der Waals surface area contributed by atoms with Crippen molar-refractivity contribution in [3.8, 4) is 5.69 Å². The Bertz CT molecular complexity index is 941. The highest BCUT2D eigenvalue weighted by atomic mass is 35.5. The van der Waals surface area contributed by atoms with E-state index in [1.165, 1.54) is 23.0 Å². The molecule has 20 heavy (non-hydrogen) atoms. The van der Waals surface area contributed by atoms with Crippen molar-refractivity contribution in [2.24, 2.45) is 7.05 Å². The largest absolute Gasteiger partial charge is 0.334 e. The van der Waals surface area contributed by atoms with Gasteiger partial charge in [-0.1, -0.05) is 11.6 Å². The number of H-pyrrole nitrogens is 1. The molecule has 0 aliphatic rings. The molecule has 3 rings (SSSR count). The fourth-order valence-electron chi connectivity index (χ4n) is 1.99. The van der Waals surface area contributed by atoms with E-state index in [9.17, 15) is 14.0 Å². The molecular formula is C12H8ClFN4O2. The lowest BCUT2D eigenvalue weighted by molar-refractivity contribution is 0.613. The lowest BCUT2D eigenvalue weighted by Gasteiger charge is -2.06. The average Bonchev–Trinajstić information content (AvgIpc) is 2.74. The van der Waals surface area contributed by atoms with Crippen LogP contribution in [-0.4, -0.2) is 19.3 Å². The SMILES string of the molecule is Cn1ncc2c(=O)n(-c3ccc(Cl)cc3F)c(=O)[nH]c21. The highest BCUT2D eigenvalue weighted by molar-refractivity contribution is 6.30. The number of aromatic nitrogens is 4. The maximum atomic E-state index is 13.9. The number of aryl methyl sites for hydroxylation is 1. The second kappa shape index (κ2) is 4.31. The van der Waals surface area contributed by atoms with E-state index < -0.39 is 17.1 Å². The first-order valence-electron chi connectivity index (χ1n) is 5.61. The minimum atomic E-state index is -0.756. The Balaban J connectivity index is 2.43. The van der Waals surface area contributed by atoms with Gasteiger partial charge in [-0.2, -0.15) is 5.10 Å². The minimum absolute atomic E-state index is 0.161. The molecule has 2 aromatic heterocycles. The molecule has 6 nitrogen and oxygen atoms in total. The van der Waals surface area contributed by atoms with Crippen LogP contribution in [-0.2, 0) is 7.05 Å². The Labute approximate surface area is 116 Å². The summed E-state index contributed by atoms with van der Waals surface area (Å²) in [5.74, 6) is -0.756. The van der Waals surface area contributed by atoms with Crippen LogP contribution in [0.25, 0.3) is 16.7 Å². The number of nitrogens with zero attached hydrogens (tertiary/aromatic N) is 3. The molecule has 0 fully saturated rings. The number of nitrogens with one attached hydrogen (secondary N) is 1. The molecule has 0 spiro atoms. The summed E-state index contributed by atoms with van der Waals surface area (Å²) in [6.07, 6.45) is 1.32. The van der Waals surface area contributed by atoms with Gasteiger partial charge in [0.2, 0.25) is 0 Å². The summed E-state index contributed by atoms with van der Waals surface area (Å²) in [7, 11) is 1.59. The van der Waals surface area contributed by atoms with Crippen molar-refractivity contribution in [3.63, 3.8) is 0 Å². The lowest BCUT2D eigenvalue weighted by atomic mass is 10.3. The molecule has 0 unspecified atom stereocenters. The van der Waals surface area contributed by atoms with Crippen LogP contribution in [0.2, 0.25) is 5.02 Å². The molecule has 3 aromatic rings. The third-order valence-corrected chi connectivity index (χ3v) is 3.19. The zero-order valence-corrected chi connectivity index (χ0v) is 11.0. The molecule has 0 bridgehead atoms. The number of aromatic amines is 1. The van der Waals surface area contributed by atoms with E-state index in [-0.39, 0.29) is 21.7 Å². The van der Waals surface area contributed by atoms with Gasteiger partial charge in [-0.05, 0) is 18.2 Å². The molecule has 2 heterocycles. The number of rotatable bonds is 1. The van der Waals surface area contributed by atoms with Gasteiger partial charge in [0.15, 0.2) is 0 Å². The van der Waals surface area contributed by atoms with Crippen LogP contribution in [0.5, 0.6) is 0 Å². The predicted molar refractivity (Wildman–Crippen MR) is 71.9 cm³/mol. The molecule has 0 aliphatic carbocycles. The van der Waals surface area contributed by atoms with Crippen LogP contribution >= 0.6 is 11.6 Å². The normalized spacial score (nSPS) is 11.2. The van der Waals surface area contributed by atoms with E-state index in [2.05, 4.69) is 10.1 Å². The zero-order valence-electron chi connectivity index (χ0n) is 10.2. The van der Waals surface area contributed by atoms with Crippen molar-refractivity contribution in [2.75, 3.05) is 0 Å². The summed E-state index contributed by atoms with van der Waals surface area (Å²) in [4.78, 5) is 26.8. The molecule has 0 radical (unpaired) electrons. The number of halogens is 2. The first-order valence-corrected chi connectivity index (χ1v) is 5.99. The Morgan fingerprint density at radius 3 is 2.80 bits per heavy atom. The monoisotopic (exact) mass is 294 g/mol. The summed E-state index contributed by atoms with van der Waals surface area (Å²) in [5.41, 5.74) is -1.26. The van der Waals surface area contributed by atoms with E-state index in [4.69, 9.17) is 11.6 Å². The van der Waals surface area contributed by atoms with Crippen molar-refractivity contribution in [1.29, 1.82) is 0 Å². The van der Waals surface area contributed by atoms with Crippen molar-refractivity contribution in [2.45, 2.75) is 0 Å². The van der Waals surface area contributed by atoms with Crippen LogP contribution in [0.3, 0.4) is 0 Å². The van der Waals surface area contributed by atoms with E-state index in [0.717, 1.165) is 10.6 Å². The number of benzene rings is 1. The Hall–Kier alpha value is -2.41. The van der Waals surface area contributed by atoms with Crippen LogP contribution in [0, 0.1) is 5.82 Å². The van der Waals surface area contributed by atoms with Crippen molar-refractivity contribution in [3.05, 3.63) is 56.1 Å². The molecule has 8 heteroatoms. The van der Waals surface area contributed by atoms with Crippen LogP contribution in [0.15, 0.2) is 34.0 Å². The van der Waals surface area contributed by atoms with Crippen LogP contribution < -0.4 is 11.2 Å². The van der Waals surface area contributed by atoms with Crippen LogP contribution in [0.1, 0.15) is 0 Å². The summed E-state index contributed by atoms with van der Waals surface area (Å²) in [6, 6.07) is 3.71. The molecule has 0 amide bonds. The van der Waals surface area contributed by atoms with Crippen molar-refractivity contribution in [1.82, 2.24) is 19.3 Å². The van der Waals surface area contributed by atoms with E-state index >= 15 is 0 Å². The van der Waals surface area contributed by atoms with Gasteiger partial charge in [0.1, 0.15) is 16.9 Å². The Morgan fingerprint density at radius 2 is 2.10 bits per heavy atom. The quantitative estimate of drug-likeness (QED) is 0.733. The molecule has 1 aromatic carbocycles. The maximum Gasteiger partial charge on any atom is 0.334 e. The highest BCUT2D eigenvalue weighted by Gasteiger charge is 2.15. The number of hydrogen-bond donors (Lipinski definition) is 1. The van der Waals surface area contributed by atoms with Gasteiger partial charge in [0.05, 0.1) is 11.9 Å². The predicted octanol–water partition coefficient (Wildman–Crippen LogP) is 1.20.